The maximum atomic E-state index is 14.4. The number of H-pyrrole nitrogens is 1. The second-order valence-corrected chi connectivity index (χ2v) is 29.4. The van der Waals surface area contributed by atoms with Gasteiger partial charge in [0, 0.05) is 63.7 Å². The summed E-state index contributed by atoms with van der Waals surface area (Å²) in [7, 11) is 0.398. The number of aliphatic imine (C=N–C) groups is 1. The molecule has 5 aliphatic rings. The van der Waals surface area contributed by atoms with E-state index in [2.05, 4.69) is 36.5 Å². The number of aryl methyl sites for hydroxylation is 2. The molecule has 4 saturated heterocycles. The first-order valence-electron chi connectivity index (χ1n) is 29.9. The van der Waals surface area contributed by atoms with Crippen LogP contribution in [0.4, 0.5) is 11.6 Å². The van der Waals surface area contributed by atoms with Crippen LogP contribution in [0.3, 0.4) is 0 Å². The third kappa shape index (κ3) is 18.2. The molecule has 0 saturated carbocycles. The molecule has 0 spiro atoms. The maximum Gasteiger partial charge on any atom is 0.472 e. The molecule has 0 radical (unpaired) electrons. The van der Waals surface area contributed by atoms with Crippen LogP contribution in [0, 0.1) is 13.8 Å². The van der Waals surface area contributed by atoms with Crippen LogP contribution >= 0.6 is 21.3 Å². The van der Waals surface area contributed by atoms with Gasteiger partial charge in [-0.3, -0.25) is 41.6 Å². The average molecular weight is 1470 g/mol. The van der Waals surface area contributed by atoms with E-state index < -0.39 is 156 Å². The third-order valence-electron chi connectivity index (χ3n) is 15.8. The Kier molecular flexibility index (Phi) is 26.2. The van der Waals surface area contributed by atoms with Crippen molar-refractivity contribution >= 4 is 73.5 Å². The number of anilines is 2. The number of hydrogen-bond donors (Lipinski definition) is 8. The Morgan fingerprint density at radius 1 is 0.619 bits per heavy atom. The molecular weight excluding hydrogens is 1390 g/mol. The molecule has 0 amide bonds. The quantitative estimate of drug-likeness (QED) is 0.0205. The Morgan fingerprint density at radius 2 is 1.12 bits per heavy atom. The van der Waals surface area contributed by atoms with Crippen molar-refractivity contribution in [3.8, 4) is 0 Å². The van der Waals surface area contributed by atoms with E-state index in [0.29, 0.717) is 11.1 Å². The van der Waals surface area contributed by atoms with E-state index in [0.717, 1.165) is 9.13 Å². The Hall–Kier alpha value is -4.89. The van der Waals surface area contributed by atoms with E-state index in [4.69, 9.17) is 125 Å². The van der Waals surface area contributed by atoms with Gasteiger partial charge in [0.25, 0.3) is 5.56 Å². The van der Waals surface area contributed by atoms with Crippen molar-refractivity contribution in [3.63, 3.8) is 0 Å². The van der Waals surface area contributed by atoms with Gasteiger partial charge in [-0.05, 0) is 51.3 Å². The highest BCUT2D eigenvalue weighted by Gasteiger charge is 2.56. The van der Waals surface area contributed by atoms with Gasteiger partial charge in [0.1, 0.15) is 96.5 Å². The number of amidine groups is 1. The summed E-state index contributed by atoms with van der Waals surface area (Å²) < 4.78 is 125. The van der Waals surface area contributed by atoms with E-state index in [1.807, 2.05) is 0 Å². The SMILES string of the molecule is C=C1N=C(N)C(C)=CN1[C@@H]1O[C@H](COP(O)(=S)O[C@@H]2C(OCCOC)[C@H](n3cc(C)c(=O)[nH]c3=O)O[C@@H]2COP(O)(=S)O[C@@H]2C(OCCOC)[C@H](n3cc(C)c(N)nc3=O)O[C@@H]2COP(=O)(O)O[C@@H]2C(OCCOC)[C@H](n3cnc4c(N)ncnc43)O[C@@H]2C)[C@H](O)C1OCCOC. The molecule has 44 heteroatoms. The Labute approximate surface area is 563 Å². The van der Waals surface area contributed by atoms with Crippen molar-refractivity contribution in [2.45, 2.75) is 126 Å². The number of nitrogens with one attached hydrogen (secondary N) is 1. The van der Waals surface area contributed by atoms with Crippen LogP contribution < -0.4 is 34.1 Å². The number of aliphatic hydroxyl groups excluding tert-OH is 1. The van der Waals surface area contributed by atoms with Gasteiger partial charge in [-0.2, -0.15) is 4.98 Å². The van der Waals surface area contributed by atoms with Crippen molar-refractivity contribution in [2.24, 2.45) is 10.7 Å². The molecule has 0 bridgehead atoms. The van der Waals surface area contributed by atoms with Gasteiger partial charge in [-0.25, -0.2) is 34.1 Å². The van der Waals surface area contributed by atoms with Crippen molar-refractivity contribution in [2.75, 3.05) is 113 Å². The van der Waals surface area contributed by atoms with E-state index in [1.54, 1.807) is 27.0 Å². The molecular formula is C53H80N13O26P3S2. The fourth-order valence-electron chi connectivity index (χ4n) is 10.9. The van der Waals surface area contributed by atoms with Gasteiger partial charge in [0.05, 0.1) is 85.1 Å². The first-order valence-corrected chi connectivity index (χ1v) is 36.6. The van der Waals surface area contributed by atoms with Crippen molar-refractivity contribution in [3.05, 3.63) is 91.7 Å². The highest BCUT2D eigenvalue weighted by atomic mass is 32.5. The number of aliphatic hydroxyl groups is 1. The molecule has 540 valence electrons. The number of nitrogen functional groups attached to an aromatic ring is 2. The van der Waals surface area contributed by atoms with E-state index in [-0.39, 0.29) is 92.9 Å². The molecule has 4 fully saturated rings. The minimum Gasteiger partial charge on any atom is -0.387 e. The summed E-state index contributed by atoms with van der Waals surface area (Å²) in [4.78, 5) is 101. The summed E-state index contributed by atoms with van der Waals surface area (Å²) in [6.45, 7) is -1.94. The molecule has 11 N–H and O–H groups in total. The molecule has 9 heterocycles. The van der Waals surface area contributed by atoms with Gasteiger partial charge >= 0.3 is 32.6 Å². The normalized spacial score (nSPS) is 30.2. The fraction of sp³-hybridized carbons (Fsp3) is 0.660. The molecule has 19 atom stereocenters. The van der Waals surface area contributed by atoms with Crippen LogP contribution in [0.25, 0.3) is 11.2 Å². The highest BCUT2D eigenvalue weighted by Crippen LogP contribution is 2.55. The first-order chi connectivity index (χ1) is 46.1. The standard InChI is InChI=1S/C53H80N13O26P3S2/c1-26-18-63(30(5)60-43(26)54)48-39(79-14-10-75-6)35(67)31(87-48)21-84-94(73,96)92-38-33(89-50(42(38)82-17-13-78-9)65-20-28(3)47(68)62-53(65)70)23-85-95(74,97)91-37-32(88-49(41(37)81-16-12-77-8)64-19-27(2)44(55)61-52(64)69)22-83-93(71,72)90-36-29(4)86-51(40(36)80-15-11-76-7)66-25-59-34-45(56)57-24-58-46(34)66/h18-20,24-25,29,31-33,35-42,48-51,67H,5,10-17,21-23H2,1-4,6-9H3,(H2,54,60)(H,71,72)(H,73,96)(H,74,97)(H2,55,61,69)(H2,56,57,58)(H,62,68,70)/t29-,31-,32-,33-,35+,36+,37+,38+,39?,40?,41?,42?,48-,49-,50-,51-,94?,95?/m1/s1. The Morgan fingerprint density at radius 3 is 1.70 bits per heavy atom. The van der Waals surface area contributed by atoms with Gasteiger partial charge in [-0.1, -0.05) is 6.58 Å². The second kappa shape index (κ2) is 33.3. The molecule has 4 aromatic rings. The smallest absolute Gasteiger partial charge is 0.387 e. The fourth-order valence-corrected chi connectivity index (χ4v) is 14.8. The zero-order valence-corrected chi connectivity index (χ0v) is 58.1. The predicted molar refractivity (Wildman–Crippen MR) is 344 cm³/mol. The lowest BCUT2D eigenvalue weighted by atomic mass is 10.1. The van der Waals surface area contributed by atoms with Gasteiger partial charge in [-0.15, -0.1) is 0 Å². The number of rotatable bonds is 35. The maximum absolute atomic E-state index is 14.4. The number of methoxy groups -OCH3 is 4. The molecule has 4 aromatic heterocycles. The third-order valence-corrected chi connectivity index (χ3v) is 19.9. The molecule has 9 rings (SSSR count). The zero-order valence-electron chi connectivity index (χ0n) is 53.8. The van der Waals surface area contributed by atoms with Crippen LogP contribution in [-0.2, 0) is 112 Å². The second-order valence-electron chi connectivity index (χ2n) is 22.4. The van der Waals surface area contributed by atoms with E-state index >= 15 is 0 Å². The number of nitrogens with zero attached hydrogens (tertiary/aromatic N) is 9. The average Bonchev–Trinajstić information content (AvgIpc) is 1.63. The minimum absolute atomic E-state index is 0.0200. The summed E-state index contributed by atoms with van der Waals surface area (Å²) in [5, 5.41) is 11.7. The number of fused-ring (bicyclic) bond motifs is 1. The number of hydrogen-bond acceptors (Lipinski definition) is 34. The number of aromatic nitrogens is 8. The highest BCUT2D eigenvalue weighted by molar-refractivity contribution is 8.07. The molecule has 5 aliphatic heterocycles. The molecule has 97 heavy (non-hydrogen) atoms. The van der Waals surface area contributed by atoms with Gasteiger partial charge < -0.3 is 108 Å². The van der Waals surface area contributed by atoms with Gasteiger partial charge in [0.2, 0.25) is 0 Å². The Balaban J connectivity index is 0.994. The summed E-state index contributed by atoms with van der Waals surface area (Å²) in [5.41, 5.74) is 16.9. The summed E-state index contributed by atoms with van der Waals surface area (Å²) in [6, 6.07) is 0. The number of ether oxygens (including phenoxy) is 12. The summed E-state index contributed by atoms with van der Waals surface area (Å²) in [5.74, 6) is 0.325. The predicted octanol–water partition coefficient (Wildman–Crippen LogP) is -0.874. The van der Waals surface area contributed by atoms with E-state index in [1.165, 1.54) is 69.9 Å². The van der Waals surface area contributed by atoms with Crippen molar-refractivity contribution in [1.29, 1.82) is 0 Å². The lowest BCUT2D eigenvalue weighted by Crippen LogP contribution is -2.44. The molecule has 0 aromatic carbocycles. The lowest BCUT2D eigenvalue weighted by Gasteiger charge is -2.33. The van der Waals surface area contributed by atoms with Crippen LogP contribution in [0.1, 0.15) is 43.7 Å². The van der Waals surface area contributed by atoms with Crippen LogP contribution in [0.2, 0.25) is 0 Å². The molecule has 39 nitrogen and oxygen atoms in total. The molecule has 0 aliphatic carbocycles. The van der Waals surface area contributed by atoms with Crippen LogP contribution in [0.15, 0.2) is 68.6 Å². The number of nitrogens with two attached hydrogens (primary N) is 3. The minimum atomic E-state index is -5.29. The molecule has 7 unspecified atom stereocenters. The first kappa shape index (κ1) is 76.3. The largest absolute Gasteiger partial charge is 0.472 e. The summed E-state index contributed by atoms with van der Waals surface area (Å²) in [6.07, 6.45) is -15.3. The summed E-state index contributed by atoms with van der Waals surface area (Å²) >= 11 is 11.3. The monoisotopic (exact) mass is 1470 g/mol. The number of phosphoric ester groups is 1. The number of aromatic amines is 1. The van der Waals surface area contributed by atoms with Crippen molar-refractivity contribution < 1.29 is 108 Å². The van der Waals surface area contributed by atoms with Crippen molar-refractivity contribution in [1.82, 2.24) is 43.5 Å². The number of phosphoric acid groups is 1. The van der Waals surface area contributed by atoms with Crippen LogP contribution in [-0.4, -0.2) is 250 Å². The van der Waals surface area contributed by atoms with E-state index in [9.17, 15) is 38.7 Å². The topological polar surface area (TPSA) is 491 Å². The zero-order chi connectivity index (χ0) is 70.3. The van der Waals surface area contributed by atoms with Crippen LogP contribution in [0.5, 0.6) is 0 Å². The van der Waals surface area contributed by atoms with Gasteiger partial charge in [0.15, 0.2) is 36.4 Å². The number of imidazole rings is 1. The lowest BCUT2D eigenvalue weighted by molar-refractivity contribution is -0.0936. The Bertz CT molecular complexity index is 3800.